The van der Waals surface area contributed by atoms with Gasteiger partial charge in [0.1, 0.15) is 0 Å². The summed E-state index contributed by atoms with van der Waals surface area (Å²) in [6, 6.07) is 62.0. The van der Waals surface area contributed by atoms with Gasteiger partial charge in [0.15, 0.2) is 0 Å². The molecule has 282 valence electrons. The number of fused-ring (bicyclic) bond motifs is 14. The zero-order valence-corrected chi connectivity index (χ0v) is 35.0. The number of hydrogen-bond donors (Lipinski definition) is 0. The quantitative estimate of drug-likeness (QED) is 0.161. The molecule has 6 heteroatoms. The Kier molecular flexibility index (Phi) is 6.41. The van der Waals surface area contributed by atoms with Crippen LogP contribution in [0.4, 0.5) is 34.1 Å². The molecule has 0 saturated heterocycles. The number of benzene rings is 8. The standard InChI is InChI=1S/C54H36BN3S2/c1-54(2,3)33-29-43-49-44(30-33)58-41-22-11-18-35-34-16-7-9-20-39(34)56(50(35)41)42-23-12-19-38(52(42)58)55(49)53-51(37-28-32(26-27-46(37)60-53)31-14-5-4-6-15-31)57(43)40-21-13-25-47-48(40)36-17-8-10-24-45(36)59-47/h4-30H,1-3H3. The summed E-state index contributed by atoms with van der Waals surface area (Å²) in [5.74, 6) is 0. The van der Waals surface area contributed by atoms with Crippen molar-refractivity contribution in [2.24, 2.45) is 0 Å². The molecule has 11 aromatic rings. The molecule has 3 nitrogen and oxygen atoms in total. The van der Waals surface area contributed by atoms with E-state index >= 15 is 0 Å². The molecule has 8 aromatic carbocycles. The molecule has 0 saturated carbocycles. The molecule has 0 amide bonds. The Hall–Kier alpha value is -6.60. The highest BCUT2D eigenvalue weighted by atomic mass is 32.1. The number of hydrogen-bond acceptors (Lipinski definition) is 4. The normalized spacial score (nSPS) is 13.8. The van der Waals surface area contributed by atoms with E-state index in [9.17, 15) is 0 Å². The Labute approximate surface area is 356 Å². The van der Waals surface area contributed by atoms with Gasteiger partial charge in [0.05, 0.1) is 39.5 Å². The molecular formula is C54H36BN3S2. The van der Waals surface area contributed by atoms with Gasteiger partial charge in [-0.3, -0.25) is 0 Å². The molecule has 0 radical (unpaired) electrons. The number of aromatic nitrogens is 1. The number of nitrogens with zero attached hydrogens (tertiary/aromatic N) is 3. The highest BCUT2D eigenvalue weighted by molar-refractivity contribution is 7.33. The van der Waals surface area contributed by atoms with Gasteiger partial charge in [0, 0.05) is 57.2 Å². The van der Waals surface area contributed by atoms with Crippen molar-refractivity contribution in [3.05, 3.63) is 169 Å². The first kappa shape index (κ1) is 33.3. The van der Waals surface area contributed by atoms with Gasteiger partial charge in [-0.25, -0.2) is 0 Å². The van der Waals surface area contributed by atoms with E-state index in [-0.39, 0.29) is 12.1 Å². The Bertz CT molecular complexity index is 3680. The minimum Gasteiger partial charge on any atom is -0.309 e. The van der Waals surface area contributed by atoms with Crippen LogP contribution in [-0.2, 0) is 5.41 Å². The molecule has 0 aliphatic carbocycles. The molecule has 3 aromatic heterocycles. The van der Waals surface area contributed by atoms with E-state index < -0.39 is 0 Å². The lowest BCUT2D eigenvalue weighted by Crippen LogP contribution is -2.61. The first-order chi connectivity index (χ1) is 29.4. The van der Waals surface area contributed by atoms with Gasteiger partial charge in [0.2, 0.25) is 0 Å². The highest BCUT2D eigenvalue weighted by Crippen LogP contribution is 2.55. The summed E-state index contributed by atoms with van der Waals surface area (Å²) in [5.41, 5.74) is 17.8. The van der Waals surface area contributed by atoms with Crippen LogP contribution in [0.1, 0.15) is 26.3 Å². The minimum absolute atomic E-state index is 0.0417. The van der Waals surface area contributed by atoms with Gasteiger partial charge < -0.3 is 14.4 Å². The first-order valence-corrected chi connectivity index (χ1v) is 22.5. The van der Waals surface area contributed by atoms with Crippen molar-refractivity contribution < 1.29 is 0 Å². The topological polar surface area (TPSA) is 11.4 Å². The van der Waals surface area contributed by atoms with Crippen LogP contribution in [-0.4, -0.2) is 11.3 Å². The van der Waals surface area contributed by atoms with Crippen LogP contribution >= 0.6 is 22.7 Å². The molecule has 6 heterocycles. The number of para-hydroxylation sites is 3. The number of rotatable bonds is 2. The minimum atomic E-state index is -0.109. The first-order valence-electron chi connectivity index (χ1n) is 20.9. The largest absolute Gasteiger partial charge is 0.309 e. The monoisotopic (exact) mass is 801 g/mol. The van der Waals surface area contributed by atoms with Crippen LogP contribution < -0.4 is 25.5 Å². The molecular weight excluding hydrogens is 766 g/mol. The van der Waals surface area contributed by atoms with Gasteiger partial charge in [0.25, 0.3) is 6.71 Å². The summed E-state index contributed by atoms with van der Waals surface area (Å²) in [7, 11) is 0. The van der Waals surface area contributed by atoms with Crippen molar-refractivity contribution in [3.8, 4) is 16.8 Å². The van der Waals surface area contributed by atoms with Gasteiger partial charge in [-0.2, -0.15) is 0 Å². The maximum Gasteiger partial charge on any atom is 0.264 e. The van der Waals surface area contributed by atoms with Crippen LogP contribution in [0.3, 0.4) is 0 Å². The number of thiophene rings is 2. The van der Waals surface area contributed by atoms with Gasteiger partial charge in [-0.05, 0) is 93.7 Å². The van der Waals surface area contributed by atoms with Gasteiger partial charge in [-0.1, -0.05) is 124 Å². The Morgan fingerprint density at radius 3 is 1.98 bits per heavy atom. The van der Waals surface area contributed by atoms with Crippen LogP contribution in [0.15, 0.2) is 164 Å². The average molecular weight is 802 g/mol. The maximum absolute atomic E-state index is 2.69. The third kappa shape index (κ3) is 4.20. The molecule has 0 unspecified atom stereocenters. The second-order valence-corrected chi connectivity index (χ2v) is 19.8. The smallest absolute Gasteiger partial charge is 0.264 e. The third-order valence-electron chi connectivity index (χ3n) is 13.4. The summed E-state index contributed by atoms with van der Waals surface area (Å²) in [6.45, 7) is 7.15. The van der Waals surface area contributed by atoms with Crippen LogP contribution in [0.2, 0.25) is 0 Å². The summed E-state index contributed by atoms with van der Waals surface area (Å²) in [4.78, 5) is 5.33. The molecule has 0 spiro atoms. The lowest BCUT2D eigenvalue weighted by atomic mass is 9.36. The van der Waals surface area contributed by atoms with Crippen LogP contribution in [0, 0.1) is 0 Å². The fourth-order valence-corrected chi connectivity index (χ4v) is 13.2. The fourth-order valence-electron chi connectivity index (χ4n) is 10.8. The lowest BCUT2D eigenvalue weighted by molar-refractivity contribution is 0.590. The van der Waals surface area contributed by atoms with Crippen molar-refractivity contribution in [3.63, 3.8) is 0 Å². The van der Waals surface area contributed by atoms with Crippen molar-refractivity contribution in [2.75, 3.05) is 9.80 Å². The molecule has 0 fully saturated rings. The predicted octanol–water partition coefficient (Wildman–Crippen LogP) is 13.7. The number of anilines is 6. The highest BCUT2D eigenvalue weighted by Gasteiger charge is 2.48. The van der Waals surface area contributed by atoms with E-state index in [2.05, 4.69) is 199 Å². The van der Waals surface area contributed by atoms with E-state index in [1.807, 2.05) is 22.7 Å². The zero-order chi connectivity index (χ0) is 39.6. The Morgan fingerprint density at radius 1 is 0.467 bits per heavy atom. The molecule has 14 rings (SSSR count). The fraction of sp³-hybridized carbons (Fsp3) is 0.0741. The molecule has 3 aliphatic rings. The zero-order valence-electron chi connectivity index (χ0n) is 33.3. The Balaban J connectivity index is 1.17. The molecule has 0 atom stereocenters. The summed E-state index contributed by atoms with van der Waals surface area (Å²) >= 11 is 3.87. The van der Waals surface area contributed by atoms with Crippen LogP contribution in [0.25, 0.3) is 68.9 Å². The average Bonchev–Trinajstić information content (AvgIpc) is 3.96. The molecule has 3 aliphatic heterocycles. The Morgan fingerprint density at radius 2 is 1.13 bits per heavy atom. The van der Waals surface area contributed by atoms with Crippen molar-refractivity contribution in [1.82, 2.24) is 4.57 Å². The van der Waals surface area contributed by atoms with Crippen LogP contribution in [0.5, 0.6) is 0 Å². The van der Waals surface area contributed by atoms with E-state index in [1.165, 1.54) is 124 Å². The van der Waals surface area contributed by atoms with E-state index in [0.29, 0.717) is 0 Å². The van der Waals surface area contributed by atoms with E-state index in [0.717, 1.165) is 0 Å². The summed E-state index contributed by atoms with van der Waals surface area (Å²) in [6.07, 6.45) is 0. The van der Waals surface area contributed by atoms with Gasteiger partial charge in [-0.15, -0.1) is 22.7 Å². The van der Waals surface area contributed by atoms with Gasteiger partial charge >= 0.3 is 0 Å². The summed E-state index contributed by atoms with van der Waals surface area (Å²) < 4.78 is 7.89. The molecule has 60 heavy (non-hydrogen) atoms. The van der Waals surface area contributed by atoms with Crippen molar-refractivity contribution in [2.45, 2.75) is 26.2 Å². The second-order valence-electron chi connectivity index (χ2n) is 17.7. The SMILES string of the molecule is CC(C)(C)c1cc2c3c(c1)N1c4c(cccc4-n4c5ccccc5c5cccc1c54)B3c1sc3ccc(-c4ccccc4)cc3c1N2c1cccc2sc3ccccc3c12. The molecule has 0 N–H and O–H groups in total. The summed E-state index contributed by atoms with van der Waals surface area (Å²) in [5, 5.41) is 6.52. The predicted molar refractivity (Wildman–Crippen MR) is 261 cm³/mol. The van der Waals surface area contributed by atoms with E-state index in [4.69, 9.17) is 0 Å². The van der Waals surface area contributed by atoms with Crippen molar-refractivity contribution >= 4 is 131 Å². The van der Waals surface area contributed by atoms with Crippen molar-refractivity contribution in [1.29, 1.82) is 0 Å². The third-order valence-corrected chi connectivity index (χ3v) is 15.8. The van der Waals surface area contributed by atoms with E-state index in [1.54, 1.807) is 0 Å². The second kappa shape index (κ2) is 11.6. The lowest BCUT2D eigenvalue weighted by Gasteiger charge is -2.46. The maximum atomic E-state index is 2.69. The molecule has 0 bridgehead atoms.